The van der Waals surface area contributed by atoms with Gasteiger partial charge in [-0.3, -0.25) is 0 Å². The number of benzene rings is 18. The molecular formula is C120H86O3S3. The van der Waals surface area contributed by atoms with E-state index < -0.39 is 10.8 Å². The van der Waals surface area contributed by atoms with Crippen molar-refractivity contribution in [1.82, 2.24) is 0 Å². The van der Waals surface area contributed by atoms with Crippen LogP contribution >= 0.6 is 35.3 Å². The van der Waals surface area contributed by atoms with Crippen LogP contribution in [0.15, 0.2) is 399 Å². The molecule has 0 bridgehead atoms. The molecule has 0 amide bonds. The molecule has 0 radical (unpaired) electrons. The highest BCUT2D eigenvalue weighted by Gasteiger charge is 2.38. The zero-order valence-electron chi connectivity index (χ0n) is 71.1. The summed E-state index contributed by atoms with van der Waals surface area (Å²) in [6.07, 6.45) is 1.47. The number of para-hydroxylation sites is 5. The molecule has 3 aliphatic carbocycles. The van der Waals surface area contributed by atoms with Gasteiger partial charge in [-0.1, -0.05) is 363 Å². The lowest BCUT2D eigenvalue weighted by atomic mass is 9.71. The van der Waals surface area contributed by atoms with Gasteiger partial charge in [-0.05, 0) is 304 Å². The van der Waals surface area contributed by atoms with Crippen LogP contribution in [0.25, 0.3) is 167 Å². The number of rotatable bonds is 9. The highest BCUT2D eigenvalue weighted by molar-refractivity contribution is 8.05. The van der Waals surface area contributed by atoms with Gasteiger partial charge in [-0.15, -0.1) is 0 Å². The maximum atomic E-state index is 7.31. The van der Waals surface area contributed by atoms with Crippen LogP contribution in [0.3, 0.4) is 0 Å². The Bertz CT molecular complexity index is 7660. The van der Waals surface area contributed by atoms with Gasteiger partial charge in [-0.2, -0.15) is 0 Å². The lowest BCUT2D eigenvalue weighted by Gasteiger charge is -2.33. The largest absolute Gasteiger partial charge is 0.454 e. The summed E-state index contributed by atoms with van der Waals surface area (Å²) in [5.41, 5.74) is 40.9. The highest BCUT2D eigenvalue weighted by atomic mass is 32.2. The average Bonchev–Trinajstić information content (AvgIpc) is 0.728. The van der Waals surface area contributed by atoms with Gasteiger partial charge in [0.25, 0.3) is 0 Å². The van der Waals surface area contributed by atoms with Crippen molar-refractivity contribution in [3.05, 3.63) is 398 Å². The number of hydrogen-bond acceptors (Lipinski definition) is 6. The Kier molecular flexibility index (Phi) is 17.8. The zero-order chi connectivity index (χ0) is 84.4. The summed E-state index contributed by atoms with van der Waals surface area (Å²) in [5.74, 6) is 4.58. The van der Waals surface area contributed by atoms with Gasteiger partial charge in [0.1, 0.15) is 11.5 Å². The minimum atomic E-state index is -0.507. The van der Waals surface area contributed by atoms with Crippen LogP contribution < -0.4 is 14.2 Å². The summed E-state index contributed by atoms with van der Waals surface area (Å²) < 4.78 is 20.9. The van der Waals surface area contributed by atoms with Crippen molar-refractivity contribution < 1.29 is 14.2 Å². The Hall–Kier alpha value is -13.6. The summed E-state index contributed by atoms with van der Waals surface area (Å²) in [4.78, 5) is 7.37. The van der Waals surface area contributed by atoms with E-state index >= 15 is 0 Å². The van der Waals surface area contributed by atoms with Crippen LogP contribution in [0, 0.1) is 0 Å². The monoisotopic (exact) mass is 1670 g/mol. The first-order chi connectivity index (χ1) is 61.6. The Morgan fingerprint density at radius 2 is 0.460 bits per heavy atom. The van der Waals surface area contributed by atoms with Crippen molar-refractivity contribution in [1.29, 1.82) is 0 Å². The SMILES string of the molecule is CC(C)(C)c1cc2c(cc1-c1cccc3c1Oc1ccccc1O3)-c1ccc(CC(C)(C)c3cc4c(cc3-c3cccc5c3Oc3ccccc3S5)-c3ccc(CC(C)(C)c5cc6c(cc5-c5cccc7c5Sc5ccccc5S7)-c5ccccc5-c5ccccc5-c5ccccc5-6)cc3-c3ccccc3-c3ccccc3-4)cc1-c1ccccc1-c1ccccc1-2. The molecule has 0 saturated heterocycles. The number of fused-ring (bicyclic) bond motifs is 30. The molecule has 3 heterocycles. The minimum Gasteiger partial charge on any atom is -0.454 e. The number of hydrogen-bond donors (Lipinski definition) is 0. The molecule has 3 nitrogen and oxygen atoms in total. The Balaban J connectivity index is 0.683. The van der Waals surface area contributed by atoms with Crippen LogP contribution in [0.1, 0.15) is 76.3 Å². The van der Waals surface area contributed by atoms with Crippen LogP contribution in [0.4, 0.5) is 0 Å². The van der Waals surface area contributed by atoms with E-state index in [2.05, 4.69) is 388 Å². The van der Waals surface area contributed by atoms with Crippen molar-refractivity contribution in [2.45, 2.75) is 107 Å². The van der Waals surface area contributed by atoms with Gasteiger partial charge in [0.2, 0.25) is 0 Å². The van der Waals surface area contributed by atoms with Gasteiger partial charge in [-0.25, -0.2) is 0 Å². The molecule has 0 fully saturated rings. The summed E-state index contributed by atoms with van der Waals surface area (Å²) in [7, 11) is 0. The third-order valence-electron chi connectivity index (χ3n) is 26.8. The molecule has 0 spiro atoms. The van der Waals surface area contributed by atoms with Crippen molar-refractivity contribution in [2.24, 2.45) is 0 Å². The van der Waals surface area contributed by atoms with E-state index in [1.807, 2.05) is 53.9 Å². The molecule has 3 aliphatic heterocycles. The van der Waals surface area contributed by atoms with Gasteiger partial charge in [0, 0.05) is 30.7 Å². The molecule has 0 N–H and O–H groups in total. The maximum Gasteiger partial charge on any atom is 0.177 e. The van der Waals surface area contributed by atoms with Gasteiger partial charge < -0.3 is 14.2 Å². The summed E-state index contributed by atoms with van der Waals surface area (Å²) in [6, 6.07) is 139. The highest BCUT2D eigenvalue weighted by Crippen LogP contribution is 2.62. The number of ether oxygens (including phenoxy) is 3. The molecule has 18 aromatic rings. The van der Waals surface area contributed by atoms with E-state index in [9.17, 15) is 0 Å². The molecule has 0 saturated carbocycles. The normalized spacial score (nSPS) is 13.0. The fourth-order valence-corrected chi connectivity index (χ4v) is 24.4. The molecule has 18 aromatic carbocycles. The third kappa shape index (κ3) is 12.6. The molecule has 0 unspecified atom stereocenters. The van der Waals surface area contributed by atoms with Crippen molar-refractivity contribution in [3.63, 3.8) is 0 Å². The van der Waals surface area contributed by atoms with Crippen LogP contribution in [0.5, 0.6) is 34.5 Å². The quantitative estimate of drug-likeness (QED) is 0.143. The fourth-order valence-electron chi connectivity index (χ4n) is 21.0. The standard InChI is InChI=1S/C120H86O3S3/c1-118(2,3)103-66-97-84-42-19-14-37-79(84)77-35-10-16-39-81(77)92-61-71(57-59-87(92)95(97)63-100(103)89-45-28-51-109-115(89)122-107-49-23-22-48-106(107)121-109)69-119(4,5)104-67-99-86-44-21-15-38-80(86)78-36-11-17-40-82(78)93-62-72(58-60-88(93)96(99)64-101(104)90-46-29-55-113-116(90)123-108-50-24-25-52-110(108)124-113)70-120(6,7)105-68-98-85-43-20-13-34-76(85)74-32-9-8-31-73(74)75-33-12-18-41-83(75)94(98)65-102(105)91-47-30-56-114-117(91)126-112-54-27-26-53-111(112)125-114/h8-68H,69-70H2,1-7H3. The second-order valence-corrected chi connectivity index (χ2v) is 39.9. The lowest BCUT2D eigenvalue weighted by Crippen LogP contribution is -2.22. The van der Waals surface area contributed by atoms with E-state index in [4.69, 9.17) is 14.2 Å². The topological polar surface area (TPSA) is 27.7 Å². The second kappa shape index (κ2) is 29.5. The zero-order valence-corrected chi connectivity index (χ0v) is 73.5. The van der Waals surface area contributed by atoms with Crippen molar-refractivity contribution >= 4 is 35.3 Å². The third-order valence-corrected chi connectivity index (χ3v) is 30.5. The Morgan fingerprint density at radius 3 is 0.905 bits per heavy atom. The smallest absolute Gasteiger partial charge is 0.177 e. The van der Waals surface area contributed by atoms with Crippen molar-refractivity contribution in [3.8, 4) is 201 Å². The summed E-state index contributed by atoms with van der Waals surface area (Å²) >= 11 is 5.59. The van der Waals surface area contributed by atoms with E-state index in [-0.39, 0.29) is 5.41 Å². The van der Waals surface area contributed by atoms with Crippen LogP contribution in [-0.4, -0.2) is 0 Å². The summed E-state index contributed by atoms with van der Waals surface area (Å²) in [6.45, 7) is 16.9. The maximum absolute atomic E-state index is 7.31. The van der Waals surface area contributed by atoms with Gasteiger partial charge in [0.05, 0.1) is 9.79 Å². The fraction of sp³-hybridized carbons (Fsp3) is 0.100. The molecule has 0 aromatic heterocycles. The summed E-state index contributed by atoms with van der Waals surface area (Å²) in [5, 5.41) is 0. The molecule has 0 atom stereocenters. The molecule has 6 heteroatoms. The Morgan fingerprint density at radius 1 is 0.183 bits per heavy atom. The van der Waals surface area contributed by atoms with Gasteiger partial charge >= 0.3 is 0 Å². The molecule has 24 rings (SSSR count). The molecule has 126 heavy (non-hydrogen) atoms. The molecular weight excluding hydrogens is 1590 g/mol. The molecule has 602 valence electrons. The van der Waals surface area contributed by atoms with E-state index in [0.717, 1.165) is 61.3 Å². The average molecular weight is 1670 g/mol. The second-order valence-electron chi connectivity index (χ2n) is 36.6. The first kappa shape index (κ1) is 76.1. The predicted octanol–water partition coefficient (Wildman–Crippen LogP) is 34.7. The first-order valence-corrected chi connectivity index (χ1v) is 46.3. The minimum absolute atomic E-state index is 0.265. The lowest BCUT2D eigenvalue weighted by molar-refractivity contribution is 0.360. The van der Waals surface area contributed by atoms with Crippen LogP contribution in [-0.2, 0) is 29.1 Å². The van der Waals surface area contributed by atoms with Gasteiger partial charge in [0.15, 0.2) is 23.0 Å². The van der Waals surface area contributed by atoms with E-state index in [1.165, 1.54) is 186 Å². The van der Waals surface area contributed by atoms with E-state index in [1.54, 1.807) is 11.8 Å². The van der Waals surface area contributed by atoms with Crippen molar-refractivity contribution in [2.75, 3.05) is 0 Å². The first-order valence-electron chi connectivity index (χ1n) is 43.8. The Labute approximate surface area is 749 Å². The van der Waals surface area contributed by atoms with E-state index in [0.29, 0.717) is 23.7 Å². The predicted molar refractivity (Wildman–Crippen MR) is 526 cm³/mol. The molecule has 6 aliphatic rings. The van der Waals surface area contributed by atoms with Crippen LogP contribution in [0.2, 0.25) is 0 Å².